The van der Waals surface area contributed by atoms with Crippen LogP contribution in [0.5, 0.6) is 0 Å². The molecule has 0 amide bonds. The molecule has 2 heterocycles. The van der Waals surface area contributed by atoms with E-state index in [4.69, 9.17) is 0 Å². The summed E-state index contributed by atoms with van der Waals surface area (Å²) in [5.41, 5.74) is 4.01. The molecule has 0 saturated carbocycles. The molecule has 0 spiro atoms. The monoisotopic (exact) mass is 218 g/mol. The van der Waals surface area contributed by atoms with E-state index in [1.807, 2.05) is 30.3 Å². The Balaban J connectivity index is 2.38. The van der Waals surface area contributed by atoms with Gasteiger partial charge in [0.05, 0.1) is 11.0 Å². The molecule has 0 fully saturated rings. The molecule has 0 saturated heterocycles. The van der Waals surface area contributed by atoms with Crippen molar-refractivity contribution in [2.45, 2.75) is 0 Å². The fraction of sp³-hybridized carbons (Fsp3) is 0. The number of nitrogens with one attached hydrogen (secondary N) is 1. The highest BCUT2D eigenvalue weighted by molar-refractivity contribution is 6.17. The molecule has 1 N–H and O–H groups in total. The van der Waals surface area contributed by atoms with Crippen LogP contribution in [0.2, 0.25) is 0 Å². The average molecular weight is 218 g/mol. The maximum atomic E-state index is 4.43. The summed E-state index contributed by atoms with van der Waals surface area (Å²) in [6.07, 6.45) is 3.44. The van der Waals surface area contributed by atoms with Crippen LogP contribution in [0.25, 0.3) is 32.8 Å². The van der Waals surface area contributed by atoms with Gasteiger partial charge < -0.3 is 4.98 Å². The second kappa shape index (κ2) is 3.04. The quantitative estimate of drug-likeness (QED) is 0.493. The third-order valence-corrected chi connectivity index (χ3v) is 3.02. The zero-order chi connectivity index (χ0) is 11.2. The minimum atomic E-state index is 0.915. The van der Waals surface area contributed by atoms with E-state index in [0.717, 1.165) is 32.8 Å². The highest BCUT2D eigenvalue weighted by Crippen LogP contribution is 2.29. The van der Waals surface area contributed by atoms with E-state index in [2.05, 4.69) is 21.0 Å². The summed E-state index contributed by atoms with van der Waals surface area (Å²) >= 11 is 0. The van der Waals surface area contributed by atoms with Gasteiger partial charge in [-0.15, -0.1) is 0 Å². The van der Waals surface area contributed by atoms with E-state index in [9.17, 15) is 0 Å². The SMILES string of the molecule is [c]1cccc2[nH]c3ccc4nccnc4c3c12. The molecule has 1 radical (unpaired) electrons. The van der Waals surface area contributed by atoms with E-state index in [0.29, 0.717) is 0 Å². The van der Waals surface area contributed by atoms with Crippen LogP contribution in [0.4, 0.5) is 0 Å². The highest BCUT2D eigenvalue weighted by Gasteiger charge is 2.08. The molecule has 3 nitrogen and oxygen atoms in total. The lowest BCUT2D eigenvalue weighted by Gasteiger charge is -1.97. The number of aromatic amines is 1. The van der Waals surface area contributed by atoms with Crippen molar-refractivity contribution in [2.24, 2.45) is 0 Å². The van der Waals surface area contributed by atoms with Gasteiger partial charge in [0.2, 0.25) is 0 Å². The summed E-state index contributed by atoms with van der Waals surface area (Å²) in [5.74, 6) is 0. The van der Waals surface area contributed by atoms with Crippen LogP contribution in [0.3, 0.4) is 0 Å². The second-order valence-corrected chi connectivity index (χ2v) is 4.00. The van der Waals surface area contributed by atoms with Crippen molar-refractivity contribution in [3.8, 4) is 0 Å². The molecule has 0 unspecified atom stereocenters. The lowest BCUT2D eigenvalue weighted by molar-refractivity contribution is 1.30. The van der Waals surface area contributed by atoms with Crippen LogP contribution in [-0.4, -0.2) is 15.0 Å². The largest absolute Gasteiger partial charge is 0.354 e. The van der Waals surface area contributed by atoms with Crippen molar-refractivity contribution < 1.29 is 0 Å². The van der Waals surface area contributed by atoms with Crippen LogP contribution >= 0.6 is 0 Å². The standard InChI is InChI=1S/C14H8N3/c1-2-4-10-9(3-1)13-11(17-10)5-6-12-14(13)16-8-7-15-12/h1-2,4-8,17H. The van der Waals surface area contributed by atoms with Crippen LogP contribution in [-0.2, 0) is 0 Å². The Morgan fingerprint density at radius 3 is 2.94 bits per heavy atom. The van der Waals surface area contributed by atoms with Crippen molar-refractivity contribution in [1.29, 1.82) is 0 Å². The summed E-state index contributed by atoms with van der Waals surface area (Å²) in [6, 6.07) is 13.2. The van der Waals surface area contributed by atoms with Crippen molar-refractivity contribution >= 4 is 32.8 Å². The number of H-pyrrole nitrogens is 1. The number of benzene rings is 2. The third-order valence-electron chi connectivity index (χ3n) is 3.02. The molecule has 17 heavy (non-hydrogen) atoms. The first kappa shape index (κ1) is 8.70. The molecule has 0 aliphatic rings. The number of hydrogen-bond acceptors (Lipinski definition) is 2. The van der Waals surface area contributed by atoms with Gasteiger partial charge in [0.15, 0.2) is 0 Å². The van der Waals surface area contributed by atoms with Gasteiger partial charge in [-0.1, -0.05) is 12.1 Å². The van der Waals surface area contributed by atoms with Crippen molar-refractivity contribution in [1.82, 2.24) is 15.0 Å². The number of nitrogens with zero attached hydrogens (tertiary/aromatic N) is 2. The molecule has 2 aromatic heterocycles. The Morgan fingerprint density at radius 2 is 1.94 bits per heavy atom. The molecule has 0 bridgehead atoms. The fourth-order valence-electron chi connectivity index (χ4n) is 2.29. The van der Waals surface area contributed by atoms with Crippen molar-refractivity contribution in [3.63, 3.8) is 0 Å². The Morgan fingerprint density at radius 1 is 1.00 bits per heavy atom. The van der Waals surface area contributed by atoms with Gasteiger partial charge in [0.25, 0.3) is 0 Å². The topological polar surface area (TPSA) is 41.6 Å². The molecule has 0 atom stereocenters. The summed E-state index contributed by atoms with van der Waals surface area (Å²) in [4.78, 5) is 12.1. The Bertz CT molecular complexity index is 840. The van der Waals surface area contributed by atoms with Crippen molar-refractivity contribution in [2.75, 3.05) is 0 Å². The Hall–Kier alpha value is -2.42. The summed E-state index contributed by atoms with van der Waals surface area (Å²) in [5, 5.41) is 2.18. The number of hydrogen-bond donors (Lipinski definition) is 1. The lowest BCUT2D eigenvalue weighted by atomic mass is 10.1. The maximum absolute atomic E-state index is 4.43. The van der Waals surface area contributed by atoms with E-state index in [1.165, 1.54) is 0 Å². The lowest BCUT2D eigenvalue weighted by Crippen LogP contribution is -1.82. The molecule has 3 heteroatoms. The van der Waals surface area contributed by atoms with Crippen LogP contribution in [0, 0.1) is 6.07 Å². The first-order valence-corrected chi connectivity index (χ1v) is 5.45. The van der Waals surface area contributed by atoms with E-state index in [1.54, 1.807) is 12.4 Å². The Labute approximate surface area is 97.1 Å². The maximum Gasteiger partial charge on any atom is 0.0986 e. The predicted molar refractivity (Wildman–Crippen MR) is 67.7 cm³/mol. The Kier molecular flexibility index (Phi) is 1.56. The molecule has 79 valence electrons. The fourth-order valence-corrected chi connectivity index (χ4v) is 2.29. The van der Waals surface area contributed by atoms with E-state index >= 15 is 0 Å². The van der Waals surface area contributed by atoms with Gasteiger partial charge >= 0.3 is 0 Å². The predicted octanol–water partition coefficient (Wildman–Crippen LogP) is 3.06. The molecular formula is C14H8N3. The minimum Gasteiger partial charge on any atom is -0.354 e. The molecule has 2 aromatic carbocycles. The highest BCUT2D eigenvalue weighted by atomic mass is 14.8. The number of fused-ring (bicyclic) bond motifs is 5. The number of rotatable bonds is 0. The van der Waals surface area contributed by atoms with Gasteiger partial charge in [-0.2, -0.15) is 0 Å². The molecule has 4 rings (SSSR count). The summed E-state index contributed by atoms with van der Waals surface area (Å²) in [7, 11) is 0. The van der Waals surface area contributed by atoms with Crippen LogP contribution in [0.15, 0.2) is 42.7 Å². The summed E-state index contributed by atoms with van der Waals surface area (Å²) in [6.45, 7) is 0. The van der Waals surface area contributed by atoms with Crippen molar-refractivity contribution in [3.05, 3.63) is 48.8 Å². The molecule has 0 aliphatic carbocycles. The van der Waals surface area contributed by atoms with Crippen LogP contribution < -0.4 is 0 Å². The summed E-state index contributed by atoms with van der Waals surface area (Å²) < 4.78 is 0. The third kappa shape index (κ3) is 1.11. The van der Waals surface area contributed by atoms with Gasteiger partial charge in [-0.25, -0.2) is 0 Å². The zero-order valence-electron chi connectivity index (χ0n) is 8.94. The second-order valence-electron chi connectivity index (χ2n) is 4.00. The zero-order valence-corrected chi connectivity index (χ0v) is 8.94. The first-order chi connectivity index (χ1) is 8.43. The van der Waals surface area contributed by atoms with E-state index in [-0.39, 0.29) is 0 Å². The minimum absolute atomic E-state index is 0.915. The van der Waals surface area contributed by atoms with Gasteiger partial charge in [0.1, 0.15) is 0 Å². The van der Waals surface area contributed by atoms with Gasteiger partial charge in [-0.3, -0.25) is 9.97 Å². The smallest absolute Gasteiger partial charge is 0.0986 e. The average Bonchev–Trinajstić information content (AvgIpc) is 2.77. The van der Waals surface area contributed by atoms with Crippen LogP contribution in [0.1, 0.15) is 0 Å². The van der Waals surface area contributed by atoms with Gasteiger partial charge in [0, 0.05) is 34.2 Å². The molecule has 0 aliphatic heterocycles. The molecular weight excluding hydrogens is 210 g/mol. The normalized spacial score (nSPS) is 11.5. The van der Waals surface area contributed by atoms with E-state index < -0.39 is 0 Å². The van der Waals surface area contributed by atoms with Gasteiger partial charge in [-0.05, 0) is 24.3 Å². The first-order valence-electron chi connectivity index (χ1n) is 5.45. The molecule has 4 aromatic rings. The number of aromatic nitrogens is 3.